The summed E-state index contributed by atoms with van der Waals surface area (Å²) in [5.41, 5.74) is 2.06. The second-order valence-corrected chi connectivity index (χ2v) is 7.31. The molecule has 0 bridgehead atoms. The number of carbonyl (C=O) groups is 1. The van der Waals surface area contributed by atoms with Crippen molar-refractivity contribution in [2.24, 2.45) is 0 Å². The Morgan fingerprint density at radius 3 is 2.36 bits per heavy atom. The highest BCUT2D eigenvalue weighted by Crippen LogP contribution is 2.39. The molecular weight excluding hydrogens is 424 g/mol. The average molecular weight is 439 g/mol. The Morgan fingerprint density at radius 2 is 1.86 bits per heavy atom. The molecule has 152 valence electrons. The standard InChI is InChI=1S/C14H14ClFN4S.C2HF3O2/c1-6(2)20-8(4)18-10-7(3)12(21-13(10)20)11-9(16)5-17-14(15)19-11;3-2(4,5)1(6)7/h5-6H,1-4H3;(H,6,7). The van der Waals surface area contributed by atoms with Crippen LogP contribution in [0.1, 0.15) is 31.3 Å². The summed E-state index contributed by atoms with van der Waals surface area (Å²) in [4.78, 5) is 23.0. The molecule has 0 atom stereocenters. The molecule has 0 saturated heterocycles. The quantitative estimate of drug-likeness (QED) is 0.440. The number of hydrogen-bond donors (Lipinski definition) is 1. The van der Waals surface area contributed by atoms with Crippen molar-refractivity contribution >= 4 is 39.3 Å². The molecule has 28 heavy (non-hydrogen) atoms. The number of thiophene rings is 1. The molecule has 3 heterocycles. The highest BCUT2D eigenvalue weighted by molar-refractivity contribution is 7.22. The second-order valence-electron chi connectivity index (χ2n) is 5.97. The lowest BCUT2D eigenvalue weighted by Crippen LogP contribution is -2.21. The lowest BCUT2D eigenvalue weighted by atomic mass is 10.2. The van der Waals surface area contributed by atoms with Gasteiger partial charge in [0.25, 0.3) is 0 Å². The van der Waals surface area contributed by atoms with Gasteiger partial charge in [0, 0.05) is 6.04 Å². The predicted molar refractivity (Wildman–Crippen MR) is 97.2 cm³/mol. The summed E-state index contributed by atoms with van der Waals surface area (Å²) in [7, 11) is 0. The molecule has 0 aliphatic rings. The van der Waals surface area contributed by atoms with Gasteiger partial charge in [0.15, 0.2) is 5.82 Å². The van der Waals surface area contributed by atoms with E-state index in [1.807, 2.05) is 13.8 Å². The number of rotatable bonds is 2. The molecule has 3 aromatic heterocycles. The summed E-state index contributed by atoms with van der Waals surface area (Å²) in [5, 5.41) is 7.17. The van der Waals surface area contributed by atoms with Gasteiger partial charge < -0.3 is 9.67 Å². The number of nitrogens with zero attached hydrogens (tertiary/aromatic N) is 4. The topological polar surface area (TPSA) is 80.9 Å². The molecule has 0 spiro atoms. The van der Waals surface area contributed by atoms with Crippen LogP contribution in [0.5, 0.6) is 0 Å². The third-order valence-corrected chi connectivity index (χ3v) is 5.10. The van der Waals surface area contributed by atoms with E-state index in [9.17, 15) is 17.6 Å². The van der Waals surface area contributed by atoms with Crippen LogP contribution in [0.4, 0.5) is 17.6 Å². The summed E-state index contributed by atoms with van der Waals surface area (Å²) < 4.78 is 47.9. The zero-order valence-corrected chi connectivity index (χ0v) is 16.7. The first kappa shape index (κ1) is 22.0. The molecule has 3 aromatic rings. The number of aliphatic carboxylic acids is 1. The van der Waals surface area contributed by atoms with Crippen LogP contribution in [-0.4, -0.2) is 36.8 Å². The highest BCUT2D eigenvalue weighted by Gasteiger charge is 2.38. The van der Waals surface area contributed by atoms with E-state index in [-0.39, 0.29) is 11.0 Å². The van der Waals surface area contributed by atoms with Crippen LogP contribution in [0.15, 0.2) is 6.20 Å². The Bertz CT molecular complexity index is 1030. The van der Waals surface area contributed by atoms with Crippen molar-refractivity contribution in [3.8, 4) is 10.6 Å². The van der Waals surface area contributed by atoms with Gasteiger partial charge >= 0.3 is 12.1 Å². The number of hydrogen-bond acceptors (Lipinski definition) is 5. The lowest BCUT2D eigenvalue weighted by molar-refractivity contribution is -0.192. The first-order chi connectivity index (χ1) is 12.8. The molecule has 12 heteroatoms. The van der Waals surface area contributed by atoms with E-state index < -0.39 is 18.0 Å². The van der Waals surface area contributed by atoms with E-state index >= 15 is 0 Å². The molecule has 0 saturated carbocycles. The van der Waals surface area contributed by atoms with E-state index in [0.29, 0.717) is 6.04 Å². The van der Waals surface area contributed by atoms with Gasteiger partial charge in [0.1, 0.15) is 21.9 Å². The van der Waals surface area contributed by atoms with E-state index in [0.717, 1.165) is 32.8 Å². The monoisotopic (exact) mass is 438 g/mol. The normalized spacial score (nSPS) is 11.6. The number of halogens is 5. The van der Waals surface area contributed by atoms with Gasteiger partial charge in [-0.2, -0.15) is 13.2 Å². The first-order valence-corrected chi connectivity index (χ1v) is 9.00. The minimum Gasteiger partial charge on any atom is -0.475 e. The molecule has 0 fully saturated rings. The maximum Gasteiger partial charge on any atom is 0.490 e. The van der Waals surface area contributed by atoms with Gasteiger partial charge in [-0.15, -0.1) is 11.3 Å². The fraction of sp³-hybridized carbons (Fsp3) is 0.375. The van der Waals surface area contributed by atoms with Gasteiger partial charge in [-0.1, -0.05) is 0 Å². The molecule has 0 radical (unpaired) electrons. The van der Waals surface area contributed by atoms with Crippen molar-refractivity contribution < 1.29 is 27.5 Å². The van der Waals surface area contributed by atoms with Crippen molar-refractivity contribution in [2.45, 2.75) is 39.9 Å². The largest absolute Gasteiger partial charge is 0.490 e. The summed E-state index contributed by atoms with van der Waals surface area (Å²) in [6, 6.07) is 0.291. The van der Waals surface area contributed by atoms with E-state index in [2.05, 4.69) is 33.4 Å². The van der Waals surface area contributed by atoms with E-state index in [1.54, 1.807) is 0 Å². The van der Waals surface area contributed by atoms with Gasteiger partial charge in [0.2, 0.25) is 5.28 Å². The summed E-state index contributed by atoms with van der Waals surface area (Å²) in [6.07, 6.45) is -3.98. The van der Waals surface area contributed by atoms with Crippen LogP contribution < -0.4 is 0 Å². The number of aryl methyl sites for hydroxylation is 2. The molecule has 3 rings (SSSR count). The van der Waals surface area contributed by atoms with Crippen molar-refractivity contribution in [3.05, 3.63) is 28.7 Å². The van der Waals surface area contributed by atoms with Gasteiger partial charge in [-0.25, -0.2) is 24.1 Å². The van der Waals surface area contributed by atoms with Gasteiger partial charge in [-0.3, -0.25) is 0 Å². The number of aromatic nitrogens is 4. The van der Waals surface area contributed by atoms with Crippen LogP contribution in [0.3, 0.4) is 0 Å². The third-order valence-electron chi connectivity index (χ3n) is 3.63. The molecule has 1 N–H and O–H groups in total. The minimum absolute atomic E-state index is 0.0414. The molecule has 0 amide bonds. The summed E-state index contributed by atoms with van der Waals surface area (Å²) in [5.74, 6) is -2.27. The number of carboxylic acid groups (broad SMARTS) is 1. The Hall–Kier alpha value is -2.27. The molecule has 0 aliphatic heterocycles. The zero-order chi connectivity index (χ0) is 21.4. The van der Waals surface area contributed by atoms with Crippen molar-refractivity contribution in [1.29, 1.82) is 0 Å². The smallest absolute Gasteiger partial charge is 0.475 e. The Labute approximate surface area is 165 Å². The van der Waals surface area contributed by atoms with Gasteiger partial charge in [0.05, 0.1) is 11.1 Å². The molecule has 0 unspecified atom stereocenters. The summed E-state index contributed by atoms with van der Waals surface area (Å²) in [6.45, 7) is 8.12. The number of imidazole rings is 1. The number of carboxylic acids is 1. The maximum atomic E-state index is 14.0. The Kier molecular flexibility index (Phi) is 6.29. The molecule has 0 aromatic carbocycles. The fourth-order valence-corrected chi connectivity index (χ4v) is 4.04. The van der Waals surface area contributed by atoms with E-state index in [4.69, 9.17) is 21.5 Å². The van der Waals surface area contributed by atoms with Crippen LogP contribution in [0.25, 0.3) is 20.9 Å². The Morgan fingerprint density at radius 1 is 1.29 bits per heavy atom. The van der Waals surface area contributed by atoms with Crippen molar-refractivity contribution in [1.82, 2.24) is 19.5 Å². The van der Waals surface area contributed by atoms with E-state index in [1.165, 1.54) is 11.3 Å². The number of fused-ring (bicyclic) bond motifs is 1. The maximum absolute atomic E-state index is 14.0. The predicted octanol–water partition coefficient (Wildman–Crippen LogP) is 5.18. The first-order valence-electron chi connectivity index (χ1n) is 7.81. The molecular formula is C16H15ClF4N4O2S. The molecule has 6 nitrogen and oxygen atoms in total. The highest BCUT2D eigenvalue weighted by atomic mass is 35.5. The molecule has 0 aliphatic carbocycles. The number of alkyl halides is 3. The third kappa shape index (κ3) is 4.41. The van der Waals surface area contributed by atoms with Crippen LogP contribution in [-0.2, 0) is 4.79 Å². The van der Waals surface area contributed by atoms with Gasteiger partial charge in [-0.05, 0) is 44.9 Å². The minimum atomic E-state index is -5.08. The van der Waals surface area contributed by atoms with Crippen molar-refractivity contribution in [2.75, 3.05) is 0 Å². The zero-order valence-electron chi connectivity index (χ0n) is 15.1. The van der Waals surface area contributed by atoms with Crippen LogP contribution >= 0.6 is 22.9 Å². The summed E-state index contributed by atoms with van der Waals surface area (Å²) >= 11 is 7.28. The lowest BCUT2D eigenvalue weighted by Gasteiger charge is -2.09. The average Bonchev–Trinajstić information content (AvgIpc) is 3.05. The SMILES string of the molecule is Cc1c(-c2nc(Cl)ncc2F)sc2c1nc(C)n2C(C)C.O=C(O)C(F)(F)F. The van der Waals surface area contributed by atoms with Crippen molar-refractivity contribution in [3.63, 3.8) is 0 Å². The Balaban J connectivity index is 0.000000345. The van der Waals surface area contributed by atoms with Crippen LogP contribution in [0.2, 0.25) is 5.28 Å². The van der Waals surface area contributed by atoms with Crippen LogP contribution in [0, 0.1) is 19.7 Å². The fourth-order valence-electron chi connectivity index (χ4n) is 2.49. The second kappa shape index (κ2) is 8.00.